The normalized spacial score (nSPS) is 14.8. The number of benzene rings is 1. The van der Waals surface area contributed by atoms with E-state index >= 15 is 0 Å². The Morgan fingerprint density at radius 2 is 2.12 bits per heavy atom. The van der Waals surface area contributed by atoms with E-state index in [1.54, 1.807) is 17.5 Å². The summed E-state index contributed by atoms with van der Waals surface area (Å²) >= 11 is 7.28. The fraction of sp³-hybridized carbons (Fsp3) is 0.294. The van der Waals surface area contributed by atoms with Crippen LogP contribution < -0.4 is 5.32 Å². The first-order chi connectivity index (χ1) is 12.4. The van der Waals surface area contributed by atoms with E-state index in [0.717, 1.165) is 15.5 Å². The van der Waals surface area contributed by atoms with Crippen LogP contribution in [0.4, 0.5) is 4.79 Å². The molecule has 1 atom stereocenters. The topological polar surface area (TPSA) is 88.6 Å². The van der Waals surface area contributed by atoms with Crippen molar-refractivity contribution >= 4 is 40.8 Å². The first-order valence-corrected chi connectivity index (χ1v) is 9.19. The molecule has 136 valence electrons. The number of carbonyl (C=O) groups excluding carboxylic acids is 3. The fourth-order valence-electron chi connectivity index (χ4n) is 2.45. The molecule has 9 heteroatoms. The quantitative estimate of drug-likeness (QED) is 0.788. The van der Waals surface area contributed by atoms with Crippen molar-refractivity contribution in [2.45, 2.75) is 19.4 Å². The molecule has 1 saturated heterocycles. The highest BCUT2D eigenvalue weighted by Gasteiger charge is 2.31. The van der Waals surface area contributed by atoms with Crippen LogP contribution in [0.5, 0.6) is 0 Å². The van der Waals surface area contributed by atoms with E-state index in [-0.39, 0.29) is 13.0 Å². The maximum atomic E-state index is 12.1. The Hall–Kier alpha value is -2.45. The number of thiazole rings is 1. The highest BCUT2D eigenvalue weighted by Crippen LogP contribution is 2.25. The number of halogens is 1. The zero-order valence-corrected chi connectivity index (χ0v) is 15.5. The summed E-state index contributed by atoms with van der Waals surface area (Å²) in [5.74, 6) is -1.10. The van der Waals surface area contributed by atoms with Crippen molar-refractivity contribution in [3.8, 4) is 10.6 Å². The van der Waals surface area contributed by atoms with Crippen LogP contribution in [0.1, 0.15) is 12.6 Å². The average Bonchev–Trinajstić information content (AvgIpc) is 3.23. The maximum absolute atomic E-state index is 12.1. The highest BCUT2D eigenvalue weighted by atomic mass is 35.5. The van der Waals surface area contributed by atoms with Gasteiger partial charge in [0, 0.05) is 29.1 Å². The Labute approximate surface area is 158 Å². The van der Waals surface area contributed by atoms with Gasteiger partial charge in [0.15, 0.2) is 6.10 Å². The van der Waals surface area contributed by atoms with E-state index < -0.39 is 24.0 Å². The molecule has 1 aromatic heterocycles. The Kier molecular flexibility index (Phi) is 5.53. The van der Waals surface area contributed by atoms with Crippen LogP contribution in [0.2, 0.25) is 5.02 Å². The second-order valence-corrected chi connectivity index (χ2v) is 6.98. The summed E-state index contributed by atoms with van der Waals surface area (Å²) in [5, 5.41) is 5.70. The zero-order chi connectivity index (χ0) is 18.7. The molecule has 1 aliphatic heterocycles. The second kappa shape index (κ2) is 7.84. The first kappa shape index (κ1) is 18.3. The van der Waals surface area contributed by atoms with Gasteiger partial charge in [-0.2, -0.15) is 0 Å². The SMILES string of the molecule is C[C@H](OC(=O)Cc1csc(-c2ccc(Cl)cc2)n1)C(=O)N1CCNC1=O. The molecule has 1 N–H and O–H groups in total. The van der Waals surface area contributed by atoms with E-state index in [1.807, 2.05) is 12.1 Å². The molecule has 26 heavy (non-hydrogen) atoms. The molecule has 7 nitrogen and oxygen atoms in total. The molecule has 0 saturated carbocycles. The smallest absolute Gasteiger partial charge is 0.324 e. The van der Waals surface area contributed by atoms with Crippen LogP contribution in [-0.4, -0.2) is 47.0 Å². The van der Waals surface area contributed by atoms with Gasteiger partial charge in [-0.15, -0.1) is 11.3 Å². The number of hydrogen-bond donors (Lipinski definition) is 1. The minimum Gasteiger partial charge on any atom is -0.452 e. The molecule has 3 rings (SSSR count). The molecule has 0 aliphatic carbocycles. The minimum absolute atomic E-state index is 0.0477. The van der Waals surface area contributed by atoms with Gasteiger partial charge in [-0.3, -0.25) is 14.5 Å². The Morgan fingerprint density at radius 1 is 1.38 bits per heavy atom. The van der Waals surface area contributed by atoms with Crippen LogP contribution in [-0.2, 0) is 20.7 Å². The standard InChI is InChI=1S/C17H16ClN3O4S/c1-10(16(23)21-7-6-19-17(21)24)25-14(22)8-13-9-26-15(20-13)11-2-4-12(18)5-3-11/h2-5,9-10H,6-8H2,1H3,(H,19,24)/t10-/m0/s1. The van der Waals surface area contributed by atoms with Gasteiger partial charge in [0.25, 0.3) is 5.91 Å². The lowest BCUT2D eigenvalue weighted by molar-refractivity contribution is -0.156. The molecule has 2 aromatic rings. The van der Waals surface area contributed by atoms with Crippen molar-refractivity contribution in [3.63, 3.8) is 0 Å². The highest BCUT2D eigenvalue weighted by molar-refractivity contribution is 7.13. The number of imide groups is 1. The minimum atomic E-state index is -1.03. The number of rotatable bonds is 5. The van der Waals surface area contributed by atoms with E-state index in [4.69, 9.17) is 16.3 Å². The molecule has 0 spiro atoms. The second-order valence-electron chi connectivity index (χ2n) is 5.68. The number of nitrogens with zero attached hydrogens (tertiary/aromatic N) is 2. The fourth-order valence-corrected chi connectivity index (χ4v) is 3.40. The van der Waals surface area contributed by atoms with Crippen molar-refractivity contribution in [2.75, 3.05) is 13.1 Å². The summed E-state index contributed by atoms with van der Waals surface area (Å²) in [6.07, 6.45) is -1.07. The van der Waals surface area contributed by atoms with E-state index in [9.17, 15) is 14.4 Å². The zero-order valence-electron chi connectivity index (χ0n) is 13.9. The van der Waals surface area contributed by atoms with Crippen LogP contribution in [0.25, 0.3) is 10.6 Å². The van der Waals surface area contributed by atoms with Crippen molar-refractivity contribution in [3.05, 3.63) is 40.4 Å². The third kappa shape index (κ3) is 4.20. The third-order valence-electron chi connectivity index (χ3n) is 3.75. The number of amides is 3. The molecular weight excluding hydrogens is 378 g/mol. The summed E-state index contributed by atoms with van der Waals surface area (Å²) in [4.78, 5) is 41.1. The third-order valence-corrected chi connectivity index (χ3v) is 4.94. The van der Waals surface area contributed by atoms with Crippen LogP contribution in [0.3, 0.4) is 0 Å². The summed E-state index contributed by atoms with van der Waals surface area (Å²) in [6.45, 7) is 2.12. The van der Waals surface area contributed by atoms with Gasteiger partial charge >= 0.3 is 12.0 Å². The lowest BCUT2D eigenvalue weighted by Crippen LogP contribution is -2.42. The van der Waals surface area contributed by atoms with E-state index in [0.29, 0.717) is 17.3 Å². The number of nitrogens with one attached hydrogen (secondary N) is 1. The first-order valence-electron chi connectivity index (χ1n) is 7.93. The average molecular weight is 394 g/mol. The molecule has 0 radical (unpaired) electrons. The lowest BCUT2D eigenvalue weighted by atomic mass is 10.2. The Bertz CT molecular complexity index is 837. The molecule has 0 unspecified atom stereocenters. The monoisotopic (exact) mass is 393 g/mol. The number of carbonyl (C=O) groups is 3. The number of aromatic nitrogens is 1. The number of hydrogen-bond acceptors (Lipinski definition) is 6. The number of ether oxygens (including phenoxy) is 1. The van der Waals surface area contributed by atoms with Crippen molar-refractivity contribution in [1.82, 2.24) is 15.2 Å². The Balaban J connectivity index is 1.57. The predicted molar refractivity (Wildman–Crippen MR) is 96.9 cm³/mol. The van der Waals surface area contributed by atoms with Crippen molar-refractivity contribution < 1.29 is 19.1 Å². The van der Waals surface area contributed by atoms with Gasteiger partial charge in [-0.1, -0.05) is 23.7 Å². The molecule has 1 fully saturated rings. The predicted octanol–water partition coefficient (Wildman–Crippen LogP) is 2.49. The summed E-state index contributed by atoms with van der Waals surface area (Å²) < 4.78 is 5.14. The Morgan fingerprint density at radius 3 is 2.77 bits per heavy atom. The molecule has 2 heterocycles. The number of urea groups is 1. The summed E-state index contributed by atoms with van der Waals surface area (Å²) in [6, 6.07) is 6.78. The molecule has 1 aromatic carbocycles. The molecule has 3 amide bonds. The molecular formula is C17H16ClN3O4S. The van der Waals surface area contributed by atoms with E-state index in [2.05, 4.69) is 10.3 Å². The van der Waals surface area contributed by atoms with Crippen LogP contribution in [0, 0.1) is 0 Å². The van der Waals surface area contributed by atoms with Gasteiger partial charge in [-0.25, -0.2) is 9.78 Å². The van der Waals surface area contributed by atoms with Crippen molar-refractivity contribution in [1.29, 1.82) is 0 Å². The largest absolute Gasteiger partial charge is 0.452 e. The molecule has 0 bridgehead atoms. The van der Waals surface area contributed by atoms with Gasteiger partial charge < -0.3 is 10.1 Å². The van der Waals surface area contributed by atoms with Crippen LogP contribution >= 0.6 is 22.9 Å². The summed E-state index contributed by atoms with van der Waals surface area (Å²) in [5.41, 5.74) is 1.46. The van der Waals surface area contributed by atoms with Gasteiger partial charge in [-0.05, 0) is 19.1 Å². The van der Waals surface area contributed by atoms with Gasteiger partial charge in [0.2, 0.25) is 0 Å². The van der Waals surface area contributed by atoms with Crippen LogP contribution in [0.15, 0.2) is 29.6 Å². The lowest BCUT2D eigenvalue weighted by Gasteiger charge is -2.17. The van der Waals surface area contributed by atoms with Gasteiger partial charge in [0.1, 0.15) is 5.01 Å². The number of esters is 1. The van der Waals surface area contributed by atoms with Crippen molar-refractivity contribution in [2.24, 2.45) is 0 Å². The van der Waals surface area contributed by atoms with Gasteiger partial charge in [0.05, 0.1) is 12.1 Å². The van der Waals surface area contributed by atoms with E-state index in [1.165, 1.54) is 18.3 Å². The maximum Gasteiger partial charge on any atom is 0.324 e. The summed E-state index contributed by atoms with van der Waals surface area (Å²) in [7, 11) is 0. The molecule has 1 aliphatic rings.